The third-order valence-electron chi connectivity index (χ3n) is 17.1. The lowest BCUT2D eigenvalue weighted by atomic mass is 9.98. The Morgan fingerprint density at radius 1 is 0.134 bits per heavy atom. The number of para-hydroxylation sites is 6. The Balaban J connectivity index is 0.711. The van der Waals surface area contributed by atoms with Crippen LogP contribution in [-0.4, -0.2) is 18.3 Å². The van der Waals surface area contributed by atoms with Crippen LogP contribution in [-0.2, 0) is 0 Å². The first-order valence-electron chi connectivity index (χ1n) is 28.2. The summed E-state index contributed by atoms with van der Waals surface area (Å²) in [6, 6.07) is 111. The molecule has 4 aromatic heterocycles. The summed E-state index contributed by atoms with van der Waals surface area (Å²) in [7, 11) is 0. The monoisotopic (exact) mass is 1040 g/mol. The molecule has 0 bridgehead atoms. The molecule has 0 aliphatic carbocycles. The van der Waals surface area contributed by atoms with E-state index in [4.69, 9.17) is 0 Å². The summed E-state index contributed by atoms with van der Waals surface area (Å²) < 4.78 is 9.62. The molecule has 0 saturated heterocycles. The maximum atomic E-state index is 2.43. The Hall–Kier alpha value is -10.9. The quantitative estimate of drug-likeness (QED) is 0.145. The predicted octanol–water partition coefficient (Wildman–Crippen LogP) is 20.7. The van der Waals surface area contributed by atoms with Gasteiger partial charge in [0, 0.05) is 65.8 Å². The Morgan fingerprint density at radius 3 is 0.695 bits per heavy atom. The SMILES string of the molecule is c1ccc(-n2c3ccccc3c3cc(-c4ccc5c(c4)c4ccccc4n5-c4cccc(-c5cccc(-c6cccc(-n7c8ccccc8c8cc(-c9ccc%10c(c9)c9ccccc9n%10-c9ccccc9)ccc87)c6)c5)c4)ccc32)cc1. The normalized spacial score (nSPS) is 11.9. The van der Waals surface area contributed by atoms with Gasteiger partial charge in [0.05, 0.1) is 44.1 Å². The molecule has 382 valence electrons. The van der Waals surface area contributed by atoms with Crippen LogP contribution < -0.4 is 0 Å². The molecule has 82 heavy (non-hydrogen) atoms. The summed E-state index contributed by atoms with van der Waals surface area (Å²) in [6.07, 6.45) is 0. The third kappa shape index (κ3) is 7.18. The lowest BCUT2D eigenvalue weighted by Crippen LogP contribution is -1.95. The molecule has 0 fully saturated rings. The van der Waals surface area contributed by atoms with Gasteiger partial charge in [0.1, 0.15) is 0 Å². The molecule has 0 amide bonds. The van der Waals surface area contributed by atoms with Crippen LogP contribution in [0.2, 0.25) is 0 Å². The van der Waals surface area contributed by atoms with E-state index < -0.39 is 0 Å². The molecule has 4 heterocycles. The lowest BCUT2D eigenvalue weighted by molar-refractivity contribution is 1.18. The fraction of sp³-hybridized carbons (Fsp3) is 0. The Bertz CT molecular complexity index is 5060. The Kier molecular flexibility index (Phi) is 10.3. The average Bonchev–Trinajstić information content (AvgIpc) is 4.48. The minimum absolute atomic E-state index is 1.13. The van der Waals surface area contributed by atoms with E-state index in [1.807, 2.05) is 0 Å². The molecular formula is C78H50N4. The second-order valence-electron chi connectivity index (χ2n) is 21.7. The molecular weight excluding hydrogens is 993 g/mol. The van der Waals surface area contributed by atoms with Gasteiger partial charge in [0.25, 0.3) is 0 Å². The van der Waals surface area contributed by atoms with Gasteiger partial charge in [0.15, 0.2) is 0 Å². The van der Waals surface area contributed by atoms with Gasteiger partial charge in [-0.25, -0.2) is 0 Å². The molecule has 0 spiro atoms. The van der Waals surface area contributed by atoms with Crippen LogP contribution in [0.4, 0.5) is 0 Å². The lowest BCUT2D eigenvalue weighted by Gasteiger charge is -2.13. The van der Waals surface area contributed by atoms with Crippen LogP contribution in [0.15, 0.2) is 303 Å². The zero-order valence-corrected chi connectivity index (χ0v) is 44.7. The number of hydrogen-bond donors (Lipinski definition) is 0. The maximum absolute atomic E-state index is 2.43. The van der Waals surface area contributed by atoms with E-state index in [1.54, 1.807) is 0 Å². The molecule has 17 aromatic rings. The topological polar surface area (TPSA) is 19.7 Å². The van der Waals surface area contributed by atoms with Crippen LogP contribution >= 0.6 is 0 Å². The van der Waals surface area contributed by atoms with E-state index in [9.17, 15) is 0 Å². The Morgan fingerprint density at radius 2 is 0.366 bits per heavy atom. The van der Waals surface area contributed by atoms with Crippen LogP contribution in [0.1, 0.15) is 0 Å². The minimum atomic E-state index is 1.13. The van der Waals surface area contributed by atoms with Crippen molar-refractivity contribution in [2.45, 2.75) is 0 Å². The maximum Gasteiger partial charge on any atom is 0.0541 e. The van der Waals surface area contributed by atoms with E-state index in [1.165, 1.54) is 143 Å². The van der Waals surface area contributed by atoms with Gasteiger partial charge in [-0.2, -0.15) is 0 Å². The molecule has 0 saturated carbocycles. The van der Waals surface area contributed by atoms with Crippen molar-refractivity contribution in [3.05, 3.63) is 303 Å². The fourth-order valence-corrected chi connectivity index (χ4v) is 13.4. The Labute approximate surface area is 473 Å². The largest absolute Gasteiger partial charge is 0.309 e. The van der Waals surface area contributed by atoms with Crippen molar-refractivity contribution in [3.63, 3.8) is 0 Å². The van der Waals surface area contributed by atoms with Crippen molar-refractivity contribution in [2.24, 2.45) is 0 Å². The van der Waals surface area contributed by atoms with Gasteiger partial charge in [-0.3, -0.25) is 0 Å². The summed E-state index contributed by atoms with van der Waals surface area (Å²) in [5, 5.41) is 9.95. The van der Waals surface area contributed by atoms with E-state index >= 15 is 0 Å². The van der Waals surface area contributed by atoms with Crippen molar-refractivity contribution in [3.8, 4) is 67.3 Å². The van der Waals surface area contributed by atoms with Crippen LogP contribution in [0, 0.1) is 0 Å². The summed E-state index contributed by atoms with van der Waals surface area (Å²) >= 11 is 0. The standard InChI is InChI=1S/C78H50N4/c1-3-22-59(23-4-1)79-71-32-11-7-28-63(71)67-47-55(36-40-75(67)79)57-38-42-77-69(49-57)65-30-9-13-34-73(65)81(77)61-26-16-20-53(45-61)51-18-15-19-52(44-51)54-21-17-27-62(46-54)82-74-35-14-10-31-66(74)70-50-58(39-43-78(70)82)56-37-41-76-68(48-56)64-29-8-12-33-72(64)80(76)60-24-5-2-6-25-60/h1-50H. The van der Waals surface area contributed by atoms with Gasteiger partial charge in [-0.15, -0.1) is 0 Å². The molecule has 0 aliphatic rings. The number of hydrogen-bond acceptors (Lipinski definition) is 0. The van der Waals surface area contributed by atoms with E-state index in [0.717, 1.165) is 11.4 Å². The summed E-state index contributed by atoms with van der Waals surface area (Å²) in [6.45, 7) is 0. The van der Waals surface area contributed by atoms with Crippen molar-refractivity contribution in [1.82, 2.24) is 18.3 Å². The van der Waals surface area contributed by atoms with Gasteiger partial charge < -0.3 is 18.3 Å². The zero-order valence-electron chi connectivity index (χ0n) is 44.7. The number of aromatic nitrogens is 4. The highest BCUT2D eigenvalue weighted by Gasteiger charge is 2.19. The minimum Gasteiger partial charge on any atom is -0.309 e. The van der Waals surface area contributed by atoms with Gasteiger partial charge in [0.2, 0.25) is 0 Å². The van der Waals surface area contributed by atoms with E-state index in [-0.39, 0.29) is 0 Å². The predicted molar refractivity (Wildman–Crippen MR) is 346 cm³/mol. The summed E-state index contributed by atoms with van der Waals surface area (Å²) in [5.74, 6) is 0. The van der Waals surface area contributed by atoms with Crippen LogP contribution in [0.5, 0.6) is 0 Å². The molecule has 0 atom stereocenters. The van der Waals surface area contributed by atoms with Crippen LogP contribution in [0.25, 0.3) is 154 Å². The molecule has 4 heteroatoms. The molecule has 0 radical (unpaired) electrons. The van der Waals surface area contributed by atoms with Gasteiger partial charge >= 0.3 is 0 Å². The number of fused-ring (bicyclic) bond motifs is 12. The average molecular weight is 1040 g/mol. The molecule has 17 rings (SSSR count). The van der Waals surface area contributed by atoms with Crippen molar-refractivity contribution in [2.75, 3.05) is 0 Å². The second-order valence-corrected chi connectivity index (χ2v) is 21.7. The number of benzene rings is 13. The number of rotatable bonds is 8. The fourth-order valence-electron chi connectivity index (χ4n) is 13.4. The smallest absolute Gasteiger partial charge is 0.0541 e. The van der Waals surface area contributed by atoms with Gasteiger partial charge in [-0.1, -0.05) is 176 Å². The molecule has 0 unspecified atom stereocenters. The van der Waals surface area contributed by atoms with Crippen molar-refractivity contribution >= 4 is 87.2 Å². The van der Waals surface area contributed by atoms with E-state index in [0.29, 0.717) is 0 Å². The molecule has 0 N–H and O–H groups in total. The third-order valence-corrected chi connectivity index (χ3v) is 17.1. The number of nitrogens with zero attached hydrogens (tertiary/aromatic N) is 4. The summed E-state index contributed by atoms with van der Waals surface area (Å²) in [4.78, 5) is 0. The first kappa shape index (κ1) is 46.0. The van der Waals surface area contributed by atoms with Crippen LogP contribution in [0.3, 0.4) is 0 Å². The zero-order chi connectivity index (χ0) is 53.8. The first-order valence-corrected chi connectivity index (χ1v) is 28.2. The summed E-state index contributed by atoms with van der Waals surface area (Å²) in [5.41, 5.74) is 23.6. The molecule has 0 aliphatic heterocycles. The first-order chi connectivity index (χ1) is 40.7. The highest BCUT2D eigenvalue weighted by Crippen LogP contribution is 2.42. The van der Waals surface area contributed by atoms with E-state index in [2.05, 4.69) is 322 Å². The second kappa shape index (κ2) is 18.3. The highest BCUT2D eigenvalue weighted by molar-refractivity contribution is 6.15. The molecule has 13 aromatic carbocycles. The van der Waals surface area contributed by atoms with Crippen molar-refractivity contribution in [1.29, 1.82) is 0 Å². The highest BCUT2D eigenvalue weighted by atomic mass is 15.0. The van der Waals surface area contributed by atoms with Crippen molar-refractivity contribution < 1.29 is 0 Å². The van der Waals surface area contributed by atoms with Gasteiger partial charge in [-0.05, 0) is 172 Å². The molecule has 4 nitrogen and oxygen atoms in total.